The van der Waals surface area contributed by atoms with E-state index in [4.69, 9.17) is 16.3 Å². The van der Waals surface area contributed by atoms with Gasteiger partial charge in [-0.2, -0.15) is 0 Å². The molecule has 0 atom stereocenters. The van der Waals surface area contributed by atoms with Crippen molar-refractivity contribution in [3.63, 3.8) is 0 Å². The quantitative estimate of drug-likeness (QED) is 0.796. The Balaban J connectivity index is 2.11. The van der Waals surface area contributed by atoms with E-state index < -0.39 is 5.82 Å². The molecule has 2 aromatic rings. The highest BCUT2D eigenvalue weighted by Gasteiger charge is 2.04. The molecule has 0 spiro atoms. The monoisotopic (exact) mass is 268 g/mol. The Morgan fingerprint density at radius 2 is 1.89 bits per heavy atom. The molecule has 1 nitrogen and oxygen atoms in total. The van der Waals surface area contributed by atoms with Crippen LogP contribution in [-0.2, 0) is 6.61 Å². The third-order valence-corrected chi connectivity index (χ3v) is 2.90. The molecule has 0 saturated carbocycles. The van der Waals surface area contributed by atoms with Crippen LogP contribution >= 0.6 is 11.6 Å². The van der Waals surface area contributed by atoms with E-state index in [-0.39, 0.29) is 17.4 Å². The second-order valence-corrected chi connectivity index (χ2v) is 4.34. The lowest BCUT2D eigenvalue weighted by Crippen LogP contribution is -1.99. The molecule has 0 bridgehead atoms. The molecular weight excluding hydrogens is 258 g/mol. The summed E-state index contributed by atoms with van der Waals surface area (Å²) in [4.78, 5) is 0. The third kappa shape index (κ3) is 2.99. The molecule has 0 unspecified atom stereocenters. The van der Waals surface area contributed by atoms with E-state index >= 15 is 0 Å². The zero-order chi connectivity index (χ0) is 13.1. The highest BCUT2D eigenvalue weighted by Crippen LogP contribution is 2.21. The highest BCUT2D eigenvalue weighted by molar-refractivity contribution is 6.30. The minimum atomic E-state index is -0.537. The van der Waals surface area contributed by atoms with Crippen molar-refractivity contribution in [3.8, 4) is 5.75 Å². The molecule has 0 saturated heterocycles. The second-order valence-electron chi connectivity index (χ2n) is 3.94. The van der Waals surface area contributed by atoms with E-state index in [2.05, 4.69) is 0 Å². The van der Waals surface area contributed by atoms with Gasteiger partial charge in [-0.25, -0.2) is 8.78 Å². The van der Waals surface area contributed by atoms with Gasteiger partial charge in [0.05, 0.1) is 5.02 Å². The molecule has 0 aliphatic rings. The van der Waals surface area contributed by atoms with Gasteiger partial charge in [-0.05, 0) is 42.3 Å². The molecule has 18 heavy (non-hydrogen) atoms. The van der Waals surface area contributed by atoms with Crippen LogP contribution in [0.3, 0.4) is 0 Å². The van der Waals surface area contributed by atoms with Crippen LogP contribution in [0, 0.1) is 18.6 Å². The lowest BCUT2D eigenvalue weighted by atomic mass is 10.1. The molecule has 2 aromatic carbocycles. The van der Waals surface area contributed by atoms with Crippen LogP contribution in [0.1, 0.15) is 11.1 Å². The third-order valence-electron chi connectivity index (χ3n) is 2.60. The summed E-state index contributed by atoms with van der Waals surface area (Å²) >= 11 is 5.56. The summed E-state index contributed by atoms with van der Waals surface area (Å²) in [5.74, 6) is -0.493. The minimum absolute atomic E-state index is 0.0456. The first-order valence-electron chi connectivity index (χ1n) is 5.39. The Kier molecular flexibility index (Phi) is 3.82. The van der Waals surface area contributed by atoms with Crippen LogP contribution in [-0.4, -0.2) is 0 Å². The van der Waals surface area contributed by atoms with Crippen molar-refractivity contribution in [1.82, 2.24) is 0 Å². The molecule has 0 amide bonds. The van der Waals surface area contributed by atoms with Crippen molar-refractivity contribution >= 4 is 11.6 Å². The smallest absolute Gasteiger partial charge is 0.145 e. The van der Waals surface area contributed by atoms with E-state index in [1.165, 1.54) is 24.3 Å². The van der Waals surface area contributed by atoms with Gasteiger partial charge < -0.3 is 4.74 Å². The van der Waals surface area contributed by atoms with Crippen LogP contribution in [0.2, 0.25) is 5.02 Å². The summed E-state index contributed by atoms with van der Waals surface area (Å²) in [5.41, 5.74) is 1.65. The van der Waals surface area contributed by atoms with Crippen LogP contribution in [0.5, 0.6) is 5.75 Å². The van der Waals surface area contributed by atoms with Crippen molar-refractivity contribution in [3.05, 3.63) is 64.2 Å². The van der Waals surface area contributed by atoms with Crippen molar-refractivity contribution < 1.29 is 13.5 Å². The zero-order valence-electron chi connectivity index (χ0n) is 9.71. The fourth-order valence-electron chi connectivity index (χ4n) is 1.52. The van der Waals surface area contributed by atoms with Gasteiger partial charge in [-0.3, -0.25) is 0 Å². The molecule has 0 aliphatic carbocycles. The molecule has 0 fully saturated rings. The highest BCUT2D eigenvalue weighted by atomic mass is 35.5. The number of halogens is 3. The van der Waals surface area contributed by atoms with Gasteiger partial charge in [0, 0.05) is 6.07 Å². The molecule has 0 N–H and O–H groups in total. The van der Waals surface area contributed by atoms with Gasteiger partial charge in [0.15, 0.2) is 0 Å². The summed E-state index contributed by atoms with van der Waals surface area (Å²) in [6.07, 6.45) is 0. The van der Waals surface area contributed by atoms with E-state index in [1.54, 1.807) is 12.1 Å². The maximum atomic E-state index is 13.2. The van der Waals surface area contributed by atoms with Crippen LogP contribution in [0.25, 0.3) is 0 Å². The lowest BCUT2D eigenvalue weighted by molar-refractivity contribution is 0.303. The largest absolute Gasteiger partial charge is 0.489 e. The Bertz CT molecular complexity index is 570. The van der Waals surface area contributed by atoms with E-state index in [0.29, 0.717) is 5.75 Å². The Morgan fingerprint density at radius 3 is 2.61 bits per heavy atom. The van der Waals surface area contributed by atoms with Crippen molar-refractivity contribution in [2.75, 3.05) is 0 Å². The zero-order valence-corrected chi connectivity index (χ0v) is 10.5. The first kappa shape index (κ1) is 12.8. The van der Waals surface area contributed by atoms with Gasteiger partial charge in [-0.15, -0.1) is 0 Å². The van der Waals surface area contributed by atoms with Gasteiger partial charge in [-0.1, -0.05) is 17.7 Å². The molecular formula is C14H11ClF2O. The SMILES string of the molecule is Cc1ccc(F)cc1COc1ccc(Cl)c(F)c1. The minimum Gasteiger partial charge on any atom is -0.489 e. The second kappa shape index (κ2) is 5.36. The Hall–Kier alpha value is -1.61. The number of ether oxygens (including phenoxy) is 1. The summed E-state index contributed by atoms with van der Waals surface area (Å²) in [7, 11) is 0. The number of benzene rings is 2. The average molecular weight is 269 g/mol. The van der Waals surface area contributed by atoms with Gasteiger partial charge in [0.1, 0.15) is 24.0 Å². The number of rotatable bonds is 3. The van der Waals surface area contributed by atoms with Crippen LogP contribution in [0.15, 0.2) is 36.4 Å². The van der Waals surface area contributed by atoms with Crippen molar-refractivity contribution in [1.29, 1.82) is 0 Å². The number of hydrogen-bond acceptors (Lipinski definition) is 1. The van der Waals surface area contributed by atoms with Gasteiger partial charge in [0.25, 0.3) is 0 Å². The van der Waals surface area contributed by atoms with E-state index in [9.17, 15) is 8.78 Å². The van der Waals surface area contributed by atoms with Gasteiger partial charge in [0.2, 0.25) is 0 Å². The fraction of sp³-hybridized carbons (Fsp3) is 0.143. The maximum absolute atomic E-state index is 13.2. The molecule has 0 radical (unpaired) electrons. The number of aryl methyl sites for hydroxylation is 1. The molecule has 94 valence electrons. The number of hydrogen-bond donors (Lipinski definition) is 0. The molecule has 2 rings (SSSR count). The van der Waals surface area contributed by atoms with Gasteiger partial charge >= 0.3 is 0 Å². The fourth-order valence-corrected chi connectivity index (χ4v) is 1.64. The van der Waals surface area contributed by atoms with Crippen molar-refractivity contribution in [2.45, 2.75) is 13.5 Å². The van der Waals surface area contributed by atoms with Crippen LogP contribution in [0.4, 0.5) is 8.78 Å². The normalized spacial score (nSPS) is 10.4. The van der Waals surface area contributed by atoms with E-state index in [0.717, 1.165) is 11.1 Å². The van der Waals surface area contributed by atoms with E-state index in [1.807, 2.05) is 6.92 Å². The topological polar surface area (TPSA) is 9.23 Å². The molecule has 4 heteroatoms. The first-order chi connectivity index (χ1) is 8.56. The summed E-state index contributed by atoms with van der Waals surface area (Å²) in [6, 6.07) is 8.67. The molecule has 0 aliphatic heterocycles. The summed E-state index contributed by atoms with van der Waals surface area (Å²) in [5, 5.41) is 0.0456. The van der Waals surface area contributed by atoms with Crippen molar-refractivity contribution in [2.24, 2.45) is 0 Å². The summed E-state index contributed by atoms with van der Waals surface area (Å²) < 4.78 is 31.6. The predicted octanol–water partition coefficient (Wildman–Crippen LogP) is 4.51. The molecule has 0 aromatic heterocycles. The lowest BCUT2D eigenvalue weighted by Gasteiger charge is -2.09. The Labute approximate surface area is 109 Å². The van der Waals surface area contributed by atoms with Crippen LogP contribution < -0.4 is 4.74 Å². The standard InChI is InChI=1S/C14H11ClF2O/c1-9-2-3-11(16)6-10(9)8-18-12-4-5-13(15)14(17)7-12/h2-7H,8H2,1H3. The first-order valence-corrected chi connectivity index (χ1v) is 5.77. The Morgan fingerprint density at radius 1 is 1.11 bits per heavy atom. The predicted molar refractivity (Wildman–Crippen MR) is 66.9 cm³/mol. The summed E-state index contributed by atoms with van der Waals surface area (Å²) in [6.45, 7) is 2.05. The maximum Gasteiger partial charge on any atom is 0.145 e. The average Bonchev–Trinajstić information content (AvgIpc) is 2.34. The molecule has 0 heterocycles.